The molecule has 4 aromatic rings. The minimum atomic E-state index is -0.417. The number of carbonyl (C=O) groups excluding carboxylic acids is 1. The van der Waals surface area contributed by atoms with Crippen LogP contribution in [0.2, 0.25) is 0 Å². The third-order valence-corrected chi connectivity index (χ3v) is 4.86. The Morgan fingerprint density at radius 1 is 0.931 bits per heavy atom. The summed E-state index contributed by atoms with van der Waals surface area (Å²) in [6.07, 6.45) is 0. The van der Waals surface area contributed by atoms with Gasteiger partial charge in [-0.2, -0.15) is 0 Å². The van der Waals surface area contributed by atoms with E-state index in [4.69, 9.17) is 0 Å². The summed E-state index contributed by atoms with van der Waals surface area (Å²) in [7, 11) is 0. The molecule has 1 aromatic heterocycles. The van der Waals surface area contributed by atoms with Gasteiger partial charge in [-0.3, -0.25) is 0 Å². The maximum atomic E-state index is 13.2. The normalized spacial score (nSPS) is 10.6. The van der Waals surface area contributed by atoms with E-state index in [-0.39, 0.29) is 5.82 Å². The number of aromatic amines is 1. The SMILES string of the molecule is O=C(Nc1ccccc1Br)Nc1ccc(-c2ccc(F)cc2)cc1-c1nnn[nH]1. The first kappa shape index (κ1) is 18.8. The van der Waals surface area contributed by atoms with E-state index < -0.39 is 6.03 Å². The fraction of sp³-hybridized carbons (Fsp3) is 0. The molecule has 144 valence electrons. The molecule has 2 amide bonds. The topological polar surface area (TPSA) is 95.6 Å². The number of aromatic nitrogens is 4. The van der Waals surface area contributed by atoms with Gasteiger partial charge in [0.1, 0.15) is 5.82 Å². The second-order valence-electron chi connectivity index (χ2n) is 6.08. The molecule has 3 N–H and O–H groups in total. The summed E-state index contributed by atoms with van der Waals surface area (Å²) in [5.41, 5.74) is 3.39. The molecular weight excluding hydrogens is 439 g/mol. The Labute approximate surface area is 173 Å². The van der Waals surface area contributed by atoms with Gasteiger partial charge in [0.15, 0.2) is 5.82 Å². The average molecular weight is 453 g/mol. The van der Waals surface area contributed by atoms with Crippen LogP contribution in [0.3, 0.4) is 0 Å². The van der Waals surface area contributed by atoms with Crippen molar-refractivity contribution < 1.29 is 9.18 Å². The quantitative estimate of drug-likeness (QED) is 0.402. The number of urea groups is 1. The first-order valence-corrected chi connectivity index (χ1v) is 9.36. The third-order valence-electron chi connectivity index (χ3n) is 4.17. The number of nitrogens with zero attached hydrogens (tertiary/aromatic N) is 3. The number of benzene rings is 3. The number of amides is 2. The largest absolute Gasteiger partial charge is 0.323 e. The highest BCUT2D eigenvalue weighted by Crippen LogP contribution is 2.31. The monoisotopic (exact) mass is 452 g/mol. The zero-order valence-corrected chi connectivity index (χ0v) is 16.4. The Hall–Kier alpha value is -3.59. The fourth-order valence-electron chi connectivity index (χ4n) is 2.78. The van der Waals surface area contributed by atoms with Gasteiger partial charge in [0.05, 0.1) is 11.4 Å². The number of hydrogen-bond acceptors (Lipinski definition) is 4. The van der Waals surface area contributed by atoms with Crippen molar-refractivity contribution in [3.8, 4) is 22.5 Å². The van der Waals surface area contributed by atoms with Crippen LogP contribution in [0.5, 0.6) is 0 Å². The smallest absolute Gasteiger partial charge is 0.307 e. The molecule has 0 radical (unpaired) electrons. The Morgan fingerprint density at radius 3 is 2.38 bits per heavy atom. The maximum absolute atomic E-state index is 13.2. The van der Waals surface area contributed by atoms with E-state index in [1.807, 2.05) is 30.3 Å². The van der Waals surface area contributed by atoms with Crippen LogP contribution < -0.4 is 10.6 Å². The second-order valence-corrected chi connectivity index (χ2v) is 6.93. The minimum Gasteiger partial charge on any atom is -0.307 e. The van der Waals surface area contributed by atoms with Crippen molar-refractivity contribution in [2.24, 2.45) is 0 Å². The van der Waals surface area contributed by atoms with Crippen LogP contribution in [0.25, 0.3) is 22.5 Å². The molecule has 0 fully saturated rings. The summed E-state index contributed by atoms with van der Waals surface area (Å²) in [5, 5.41) is 19.5. The van der Waals surface area contributed by atoms with Crippen molar-refractivity contribution in [3.05, 3.63) is 77.0 Å². The summed E-state index contributed by atoms with van der Waals surface area (Å²) in [4.78, 5) is 12.5. The Bertz CT molecular complexity index is 1150. The first-order valence-electron chi connectivity index (χ1n) is 8.57. The number of nitrogens with one attached hydrogen (secondary N) is 3. The summed E-state index contributed by atoms with van der Waals surface area (Å²) in [6.45, 7) is 0. The first-order chi connectivity index (χ1) is 14.1. The molecule has 9 heteroatoms. The van der Waals surface area contributed by atoms with Crippen LogP contribution in [0.4, 0.5) is 20.6 Å². The number of carbonyl (C=O) groups is 1. The molecule has 1 heterocycles. The van der Waals surface area contributed by atoms with Crippen LogP contribution >= 0.6 is 15.9 Å². The average Bonchev–Trinajstić information content (AvgIpc) is 3.25. The van der Waals surface area contributed by atoms with Gasteiger partial charge in [0.2, 0.25) is 0 Å². The summed E-state index contributed by atoms with van der Waals surface area (Å²) >= 11 is 3.40. The Morgan fingerprint density at radius 2 is 1.66 bits per heavy atom. The fourth-order valence-corrected chi connectivity index (χ4v) is 3.17. The molecule has 3 aromatic carbocycles. The van der Waals surface area contributed by atoms with E-state index in [0.717, 1.165) is 15.6 Å². The van der Waals surface area contributed by atoms with Crippen LogP contribution in [-0.2, 0) is 0 Å². The number of para-hydroxylation sites is 1. The van der Waals surface area contributed by atoms with E-state index in [1.54, 1.807) is 24.3 Å². The minimum absolute atomic E-state index is 0.310. The van der Waals surface area contributed by atoms with Crippen molar-refractivity contribution >= 4 is 33.3 Å². The standard InChI is InChI=1S/C20H14BrFN6O/c21-16-3-1-2-4-18(16)24-20(29)23-17-10-7-13(12-5-8-14(22)9-6-12)11-15(17)19-25-27-28-26-19/h1-11H,(H2,23,24,29)(H,25,26,27,28). The highest BCUT2D eigenvalue weighted by Gasteiger charge is 2.14. The van der Waals surface area contributed by atoms with E-state index in [1.165, 1.54) is 12.1 Å². The lowest BCUT2D eigenvalue weighted by atomic mass is 10.0. The molecular formula is C20H14BrFN6O. The predicted molar refractivity (Wildman–Crippen MR) is 112 cm³/mol. The lowest BCUT2D eigenvalue weighted by Gasteiger charge is -2.13. The molecule has 29 heavy (non-hydrogen) atoms. The van der Waals surface area contributed by atoms with Crippen LogP contribution in [0.15, 0.2) is 71.2 Å². The molecule has 0 bridgehead atoms. The molecule has 0 saturated carbocycles. The molecule has 0 spiro atoms. The van der Waals surface area contributed by atoms with E-state index in [2.05, 4.69) is 47.2 Å². The number of rotatable bonds is 4. The maximum Gasteiger partial charge on any atom is 0.323 e. The third kappa shape index (κ3) is 4.30. The van der Waals surface area contributed by atoms with Crippen LogP contribution in [0.1, 0.15) is 0 Å². The molecule has 0 aliphatic carbocycles. The Balaban J connectivity index is 1.65. The number of hydrogen-bond donors (Lipinski definition) is 3. The van der Waals surface area contributed by atoms with Gasteiger partial charge in [-0.15, -0.1) is 5.10 Å². The Kier molecular flexibility index (Phi) is 5.30. The molecule has 0 saturated heterocycles. The number of H-pyrrole nitrogens is 1. The van der Waals surface area contributed by atoms with Gasteiger partial charge < -0.3 is 10.6 Å². The van der Waals surface area contributed by atoms with Crippen LogP contribution in [-0.4, -0.2) is 26.7 Å². The summed E-state index contributed by atoms with van der Waals surface area (Å²) in [6, 6.07) is 18.4. The molecule has 0 unspecified atom stereocenters. The van der Waals surface area contributed by atoms with Crippen molar-refractivity contribution in [1.82, 2.24) is 20.6 Å². The number of tetrazole rings is 1. The summed E-state index contributed by atoms with van der Waals surface area (Å²) in [5.74, 6) is 0.0839. The second kappa shape index (κ2) is 8.19. The van der Waals surface area contributed by atoms with Crippen molar-refractivity contribution in [3.63, 3.8) is 0 Å². The van der Waals surface area contributed by atoms with E-state index >= 15 is 0 Å². The van der Waals surface area contributed by atoms with Crippen LogP contribution in [0, 0.1) is 5.82 Å². The molecule has 7 nitrogen and oxygen atoms in total. The van der Waals surface area contributed by atoms with E-state index in [9.17, 15) is 9.18 Å². The van der Waals surface area contributed by atoms with Crippen molar-refractivity contribution in [2.75, 3.05) is 10.6 Å². The zero-order chi connectivity index (χ0) is 20.2. The van der Waals surface area contributed by atoms with Gasteiger partial charge in [0.25, 0.3) is 0 Å². The number of halogens is 2. The van der Waals surface area contributed by atoms with Gasteiger partial charge in [-0.05, 0) is 73.9 Å². The lowest BCUT2D eigenvalue weighted by molar-refractivity contribution is 0.262. The highest BCUT2D eigenvalue weighted by molar-refractivity contribution is 9.10. The number of anilines is 2. The van der Waals surface area contributed by atoms with Gasteiger partial charge in [-0.1, -0.05) is 30.3 Å². The van der Waals surface area contributed by atoms with Crippen molar-refractivity contribution in [1.29, 1.82) is 0 Å². The van der Waals surface area contributed by atoms with E-state index in [0.29, 0.717) is 22.8 Å². The highest BCUT2D eigenvalue weighted by atomic mass is 79.9. The predicted octanol–water partition coefficient (Wildman–Crippen LogP) is 5.08. The van der Waals surface area contributed by atoms with Gasteiger partial charge >= 0.3 is 6.03 Å². The molecule has 0 aliphatic rings. The van der Waals surface area contributed by atoms with Crippen molar-refractivity contribution in [2.45, 2.75) is 0 Å². The van der Waals surface area contributed by atoms with Gasteiger partial charge in [0, 0.05) is 10.0 Å². The van der Waals surface area contributed by atoms with Gasteiger partial charge in [-0.25, -0.2) is 14.3 Å². The lowest BCUT2D eigenvalue weighted by Crippen LogP contribution is -2.20. The molecule has 0 aliphatic heterocycles. The summed E-state index contributed by atoms with van der Waals surface area (Å²) < 4.78 is 14.0. The molecule has 0 atom stereocenters. The zero-order valence-electron chi connectivity index (χ0n) is 14.9. The molecule has 4 rings (SSSR count).